The van der Waals surface area contributed by atoms with Crippen molar-refractivity contribution in [3.8, 4) is 11.4 Å². The second-order valence-electron chi connectivity index (χ2n) is 12.6. The van der Waals surface area contributed by atoms with Crippen LogP contribution in [0.15, 0.2) is 59.4 Å². The van der Waals surface area contributed by atoms with Gasteiger partial charge in [-0.25, -0.2) is 4.68 Å². The fourth-order valence-electron chi connectivity index (χ4n) is 4.89. The van der Waals surface area contributed by atoms with Crippen LogP contribution >= 0.6 is 46.4 Å². The number of hydrogen-bond acceptors (Lipinski definition) is 4. The van der Waals surface area contributed by atoms with Gasteiger partial charge < -0.3 is 15.4 Å². The molecule has 1 atom stereocenters. The Balaban J connectivity index is 1.56. The van der Waals surface area contributed by atoms with Crippen molar-refractivity contribution in [2.45, 2.75) is 84.7 Å². The normalized spacial score (nSPS) is 12.6. The molecule has 3 N–H and O–H groups in total. The lowest BCUT2D eigenvalue weighted by Crippen LogP contribution is -2.33. The number of hydrogen-bond donors (Lipinski definition) is 3. The first-order valence-electron chi connectivity index (χ1n) is 15.3. The maximum atomic E-state index is 13.5. The van der Waals surface area contributed by atoms with Gasteiger partial charge in [0.15, 0.2) is 6.10 Å². The average Bonchev–Trinajstić information content (AvgIpc) is 3.35. The maximum absolute atomic E-state index is 13.5. The van der Waals surface area contributed by atoms with Crippen LogP contribution in [-0.4, -0.2) is 21.8 Å². The van der Waals surface area contributed by atoms with E-state index in [0.29, 0.717) is 39.4 Å². The van der Waals surface area contributed by atoms with Crippen molar-refractivity contribution in [2.24, 2.45) is 0 Å². The Labute approximate surface area is 290 Å². The van der Waals surface area contributed by atoms with Gasteiger partial charge in [-0.2, -0.15) is 0 Å². The number of aromatic amines is 1. The highest BCUT2D eigenvalue weighted by Gasteiger charge is 2.29. The zero-order valence-electron chi connectivity index (χ0n) is 27.1. The molecule has 0 aliphatic carbocycles. The summed E-state index contributed by atoms with van der Waals surface area (Å²) in [5.74, 6) is 0.742. The Kier molecular flexibility index (Phi) is 11.1. The number of carbonyl (C=O) groups excluding carboxylic acids is 1. The minimum absolute atomic E-state index is 0.0184. The van der Waals surface area contributed by atoms with Crippen LogP contribution < -0.4 is 20.9 Å². The summed E-state index contributed by atoms with van der Waals surface area (Å²) in [4.78, 5) is 26.3. The van der Waals surface area contributed by atoms with Gasteiger partial charge in [0.25, 0.3) is 11.5 Å². The number of anilines is 3. The molecule has 246 valence electrons. The molecule has 1 amide bonds. The van der Waals surface area contributed by atoms with Gasteiger partial charge in [-0.1, -0.05) is 107 Å². The number of nitrogens with zero attached hydrogens (tertiary/aromatic N) is 1. The standard InChI is InChI=1S/C35H40Cl4N4O3/c1-8-28(46-29-14-11-20(34(4,5)9-2)15-23(29)35(6,7)10-3)33(45)40-22-12-13-24(37)27(18-22)41-30-19-31(44)43(42-30)32-25(38)16-21(36)17-26(32)39/h11-19,28,41-42H,8-10H2,1-7H3,(H,40,45). The molecule has 0 bridgehead atoms. The minimum Gasteiger partial charge on any atom is -0.480 e. The first-order valence-corrected chi connectivity index (χ1v) is 16.8. The van der Waals surface area contributed by atoms with Gasteiger partial charge >= 0.3 is 0 Å². The number of benzene rings is 3. The van der Waals surface area contributed by atoms with E-state index in [2.05, 4.69) is 69.4 Å². The number of aromatic nitrogens is 2. The van der Waals surface area contributed by atoms with Gasteiger partial charge in [-0.15, -0.1) is 0 Å². The van der Waals surface area contributed by atoms with Gasteiger partial charge in [0.1, 0.15) is 17.3 Å². The van der Waals surface area contributed by atoms with E-state index in [9.17, 15) is 9.59 Å². The molecule has 3 aromatic carbocycles. The largest absolute Gasteiger partial charge is 0.480 e. The lowest BCUT2D eigenvalue weighted by Gasteiger charge is -2.31. The summed E-state index contributed by atoms with van der Waals surface area (Å²) in [6, 6.07) is 15.7. The van der Waals surface area contributed by atoms with Crippen molar-refractivity contribution < 1.29 is 9.53 Å². The monoisotopic (exact) mass is 704 g/mol. The Morgan fingerprint density at radius 3 is 2.13 bits per heavy atom. The third kappa shape index (κ3) is 7.88. The van der Waals surface area contributed by atoms with Crippen LogP contribution in [0.5, 0.6) is 5.75 Å². The van der Waals surface area contributed by atoms with Crippen molar-refractivity contribution in [3.63, 3.8) is 0 Å². The van der Waals surface area contributed by atoms with E-state index < -0.39 is 11.7 Å². The number of rotatable bonds is 12. The topological polar surface area (TPSA) is 88.2 Å². The van der Waals surface area contributed by atoms with E-state index >= 15 is 0 Å². The van der Waals surface area contributed by atoms with Crippen molar-refractivity contribution in [1.82, 2.24) is 9.78 Å². The molecule has 7 nitrogen and oxygen atoms in total. The van der Waals surface area contributed by atoms with Gasteiger partial charge in [0, 0.05) is 22.3 Å². The summed E-state index contributed by atoms with van der Waals surface area (Å²) in [5, 5.41) is 10.1. The second kappa shape index (κ2) is 14.3. The Morgan fingerprint density at radius 2 is 1.52 bits per heavy atom. The van der Waals surface area contributed by atoms with Gasteiger partial charge in [0.05, 0.1) is 20.8 Å². The molecule has 0 spiro atoms. The Hall–Kier alpha value is -3.10. The number of halogens is 4. The quantitative estimate of drug-likeness (QED) is 0.137. The molecule has 0 saturated carbocycles. The average molecular weight is 707 g/mol. The molecule has 0 radical (unpaired) electrons. The van der Waals surface area contributed by atoms with Crippen LogP contribution in [0.25, 0.3) is 5.69 Å². The molecule has 0 aliphatic rings. The van der Waals surface area contributed by atoms with Crippen molar-refractivity contribution >= 4 is 69.5 Å². The third-order valence-corrected chi connectivity index (χ3v) is 9.74. The second-order valence-corrected chi connectivity index (χ2v) is 14.2. The summed E-state index contributed by atoms with van der Waals surface area (Å²) in [5.41, 5.74) is 3.01. The van der Waals surface area contributed by atoms with E-state index in [1.165, 1.54) is 28.4 Å². The highest BCUT2D eigenvalue weighted by Crippen LogP contribution is 2.39. The maximum Gasteiger partial charge on any atom is 0.273 e. The fourth-order valence-corrected chi connectivity index (χ4v) is 6.04. The Bertz CT molecular complexity index is 1770. The van der Waals surface area contributed by atoms with E-state index in [1.807, 2.05) is 13.0 Å². The molecule has 1 heterocycles. The Morgan fingerprint density at radius 1 is 0.870 bits per heavy atom. The molecule has 46 heavy (non-hydrogen) atoms. The fraction of sp³-hybridized carbons (Fsp3) is 0.371. The first-order chi connectivity index (χ1) is 21.6. The van der Waals surface area contributed by atoms with Crippen molar-refractivity contribution in [2.75, 3.05) is 10.6 Å². The summed E-state index contributed by atoms with van der Waals surface area (Å²) in [6.45, 7) is 15.1. The van der Waals surface area contributed by atoms with E-state index in [0.717, 1.165) is 18.4 Å². The van der Waals surface area contributed by atoms with Crippen LogP contribution in [0.4, 0.5) is 17.2 Å². The van der Waals surface area contributed by atoms with Crippen LogP contribution in [0.2, 0.25) is 20.1 Å². The molecule has 0 fully saturated rings. The molecule has 0 saturated heterocycles. The van der Waals surface area contributed by atoms with Crippen LogP contribution in [0.1, 0.15) is 78.9 Å². The van der Waals surface area contributed by atoms with Crippen LogP contribution in [0, 0.1) is 0 Å². The van der Waals surface area contributed by atoms with Gasteiger partial charge in [-0.3, -0.25) is 14.7 Å². The minimum atomic E-state index is -0.734. The summed E-state index contributed by atoms with van der Waals surface area (Å²) in [6.07, 6.45) is 1.65. The predicted octanol–water partition coefficient (Wildman–Crippen LogP) is 10.7. The smallest absolute Gasteiger partial charge is 0.273 e. The molecular formula is C35H40Cl4N4O3. The number of ether oxygens (including phenoxy) is 1. The van der Waals surface area contributed by atoms with Crippen molar-refractivity contribution in [1.29, 1.82) is 0 Å². The molecule has 4 aromatic rings. The summed E-state index contributed by atoms with van der Waals surface area (Å²) < 4.78 is 7.63. The molecule has 11 heteroatoms. The summed E-state index contributed by atoms with van der Waals surface area (Å²) in [7, 11) is 0. The zero-order chi connectivity index (χ0) is 34.0. The number of nitrogens with one attached hydrogen (secondary N) is 3. The van der Waals surface area contributed by atoms with E-state index in [-0.39, 0.29) is 32.5 Å². The highest BCUT2D eigenvalue weighted by molar-refractivity contribution is 6.40. The molecule has 0 aliphatic heterocycles. The number of amides is 1. The highest BCUT2D eigenvalue weighted by atomic mass is 35.5. The zero-order valence-corrected chi connectivity index (χ0v) is 30.1. The lowest BCUT2D eigenvalue weighted by molar-refractivity contribution is -0.122. The number of carbonyl (C=O) groups is 1. The molecule has 1 unspecified atom stereocenters. The van der Waals surface area contributed by atoms with E-state index in [1.54, 1.807) is 18.2 Å². The van der Waals surface area contributed by atoms with Gasteiger partial charge in [0.2, 0.25) is 0 Å². The molecular weight excluding hydrogens is 666 g/mol. The first kappa shape index (κ1) is 35.7. The van der Waals surface area contributed by atoms with Crippen LogP contribution in [-0.2, 0) is 15.6 Å². The predicted molar refractivity (Wildman–Crippen MR) is 193 cm³/mol. The molecule has 1 aromatic heterocycles. The van der Waals surface area contributed by atoms with Crippen molar-refractivity contribution in [3.05, 3.63) is 96.2 Å². The van der Waals surface area contributed by atoms with E-state index in [4.69, 9.17) is 51.1 Å². The van der Waals surface area contributed by atoms with Crippen LogP contribution in [0.3, 0.4) is 0 Å². The summed E-state index contributed by atoms with van der Waals surface area (Å²) >= 11 is 25.2. The SMILES string of the molecule is CCC(Oc1ccc(C(C)(C)CC)cc1C(C)(C)CC)C(=O)Nc1ccc(Cl)c(Nc2cc(=O)n(-c3c(Cl)cc(Cl)cc3Cl)[nH]2)c1. The molecule has 4 rings (SSSR count). The third-order valence-electron chi connectivity index (χ3n) is 8.62. The van der Waals surface area contributed by atoms with Gasteiger partial charge in [-0.05, 0) is 72.1 Å². The number of H-pyrrole nitrogens is 1. The lowest BCUT2D eigenvalue weighted by atomic mass is 9.76.